The molecule has 2 atom stereocenters. The number of carbonyl (C=O) groups excluding carboxylic acids is 1. The third-order valence-electron chi connectivity index (χ3n) is 3.88. The monoisotopic (exact) mass is 309 g/mol. The second-order valence-corrected chi connectivity index (χ2v) is 6.38. The van der Waals surface area contributed by atoms with E-state index in [2.05, 4.69) is 0 Å². The summed E-state index contributed by atoms with van der Waals surface area (Å²) in [6.45, 7) is 1.56. The van der Waals surface area contributed by atoms with E-state index in [1.165, 1.54) is 0 Å². The molecule has 0 aliphatic heterocycles. The number of alkyl halides is 2. The molecule has 1 aliphatic carbocycles. The highest BCUT2D eigenvalue weighted by Gasteiger charge is 2.77. The molecule has 102 valence electrons. The molecule has 2 aromatic rings. The van der Waals surface area contributed by atoms with Crippen LogP contribution in [0.2, 0.25) is 0 Å². The molecule has 1 fully saturated rings. The molecule has 1 saturated carbocycles. The van der Waals surface area contributed by atoms with Gasteiger partial charge < -0.3 is 0 Å². The molecule has 0 spiro atoms. The van der Waals surface area contributed by atoms with Gasteiger partial charge >= 0.3 is 0 Å². The molecule has 20 heavy (non-hydrogen) atoms. The largest absolute Gasteiger partial charge is 0.293 e. The fraction of sp³-hybridized carbons (Fsp3) is 0.235. The van der Waals surface area contributed by atoms with Crippen molar-refractivity contribution in [3.05, 3.63) is 71.7 Å². The molecule has 0 heterocycles. The summed E-state index contributed by atoms with van der Waals surface area (Å²) in [6, 6.07) is 6.27. The maximum Gasteiger partial charge on any atom is 0.172 e. The van der Waals surface area contributed by atoms with Crippen LogP contribution < -0.4 is 0 Å². The molecule has 0 N–H and O–H groups in total. The lowest BCUT2D eigenvalue weighted by molar-refractivity contribution is 0.0906. The Hall–Kier alpha value is -1.31. The van der Waals surface area contributed by atoms with Crippen LogP contribution in [0.5, 0.6) is 0 Å². The number of Topliss-reactive ketones (excluding diaryl/α,β-unsaturated/α-hetero) is 1. The number of rotatable bonds is 3. The van der Waals surface area contributed by atoms with Crippen LogP contribution >= 0.6 is 23.2 Å². The van der Waals surface area contributed by atoms with Crippen molar-refractivity contribution in [3.8, 4) is 0 Å². The van der Waals surface area contributed by atoms with Gasteiger partial charge in [0.15, 0.2) is 5.78 Å². The molecule has 0 bridgehead atoms. The lowest BCUT2D eigenvalue weighted by Gasteiger charge is -2.11. The summed E-state index contributed by atoms with van der Waals surface area (Å²) in [5.41, 5.74) is -0.904. The Kier molecular flexibility index (Phi) is 2.04. The lowest BCUT2D eigenvalue weighted by Crippen LogP contribution is -2.18. The normalized spacial score (nSPS) is 30.6. The molecule has 3 rings (SSSR count). The molecule has 0 amide bonds. The van der Waals surface area contributed by atoms with Crippen molar-refractivity contribution in [2.45, 2.75) is 17.2 Å². The van der Waals surface area contributed by atoms with Gasteiger partial charge in [-0.05, 0) is 12.5 Å². The van der Waals surface area contributed by atoms with Crippen molar-refractivity contribution >= 4 is 29.0 Å². The van der Waals surface area contributed by atoms with E-state index >= 15 is 0 Å². The first-order valence-corrected chi connectivity index (χ1v) is 6.86. The minimum atomic E-state index is -1.42. The number of ketones is 1. The molecule has 0 aromatic heterocycles. The minimum Gasteiger partial charge on any atom is -0.293 e. The highest BCUT2D eigenvalue weighted by molar-refractivity contribution is 6.54. The van der Waals surface area contributed by atoms with Crippen LogP contribution in [0, 0.1) is 5.41 Å². The van der Waals surface area contributed by atoms with Crippen LogP contribution in [0.4, 0.5) is 0 Å². The number of carbonyl (C=O) groups is 1. The summed E-state index contributed by atoms with van der Waals surface area (Å²) in [7, 11) is 0. The topological polar surface area (TPSA) is 17.1 Å². The Morgan fingerprint density at radius 2 is 1.75 bits per heavy atom. The van der Waals surface area contributed by atoms with Gasteiger partial charge in [-0.2, -0.15) is 0 Å². The average Bonchev–Trinajstić information content (AvgIpc) is 3.05. The molecular weight excluding hydrogens is 291 g/mol. The van der Waals surface area contributed by atoms with Crippen LogP contribution in [0.3, 0.4) is 0 Å². The highest BCUT2D eigenvalue weighted by Crippen LogP contribution is 2.74. The Labute approximate surface area is 135 Å². The Bertz CT molecular complexity index is 855. The smallest absolute Gasteiger partial charge is 0.172 e. The van der Waals surface area contributed by atoms with Gasteiger partial charge in [-0.1, -0.05) is 83.7 Å². The third-order valence-corrected chi connectivity index (χ3v) is 5.10. The Balaban J connectivity index is 2.14. The van der Waals surface area contributed by atoms with Gasteiger partial charge in [-0.3, -0.25) is 4.79 Å². The van der Waals surface area contributed by atoms with Gasteiger partial charge in [0.05, 0.1) is 12.3 Å². The van der Waals surface area contributed by atoms with Crippen molar-refractivity contribution < 1.29 is 11.6 Å². The van der Waals surface area contributed by atoms with E-state index in [0.29, 0.717) is 0 Å². The first-order valence-electron chi connectivity index (χ1n) is 8.61. The summed E-state index contributed by atoms with van der Waals surface area (Å²) in [6.07, 6.45) is 0. The molecule has 1 nitrogen and oxygen atoms in total. The summed E-state index contributed by atoms with van der Waals surface area (Å²) < 4.78 is 37.7. The Morgan fingerprint density at radius 1 is 1.15 bits per heavy atom. The van der Waals surface area contributed by atoms with E-state index in [1.807, 2.05) is 6.07 Å². The lowest BCUT2D eigenvalue weighted by atomic mass is 9.92. The SMILES string of the molecule is [2H]c1c([2H])c([2H])c(C(=O)[C@@]2(C)[C@H](c3ccccc3)C2(Cl)Cl)c([2H])c1[2H]. The predicted molar refractivity (Wildman–Crippen MR) is 82.5 cm³/mol. The van der Waals surface area contributed by atoms with Crippen LogP contribution in [0.15, 0.2) is 60.5 Å². The predicted octanol–water partition coefficient (Wildman–Crippen LogP) is 4.85. The van der Waals surface area contributed by atoms with E-state index in [1.54, 1.807) is 31.2 Å². The zero-order chi connectivity index (χ0) is 18.7. The summed E-state index contributed by atoms with van der Waals surface area (Å²) in [4.78, 5) is 13.1. The second kappa shape index (κ2) is 4.61. The highest BCUT2D eigenvalue weighted by atomic mass is 35.5. The molecule has 0 radical (unpaired) electrons. The van der Waals surface area contributed by atoms with E-state index in [9.17, 15) is 4.79 Å². The van der Waals surface area contributed by atoms with E-state index in [4.69, 9.17) is 30.1 Å². The Morgan fingerprint density at radius 3 is 2.35 bits per heavy atom. The fourth-order valence-corrected chi connectivity index (χ4v) is 3.59. The van der Waals surface area contributed by atoms with E-state index in [0.717, 1.165) is 5.56 Å². The molecule has 2 aromatic carbocycles. The molecule has 0 saturated heterocycles. The zero-order valence-corrected chi connectivity index (χ0v) is 12.1. The zero-order valence-electron chi connectivity index (χ0n) is 15.6. The second-order valence-electron chi connectivity index (χ2n) is 5.00. The summed E-state index contributed by atoms with van der Waals surface area (Å²) >= 11 is 12.8. The van der Waals surface area contributed by atoms with Crippen LogP contribution in [0.1, 0.15) is 35.6 Å². The number of benzene rings is 2. The first-order chi connectivity index (χ1) is 11.6. The molecule has 0 unspecified atom stereocenters. The van der Waals surface area contributed by atoms with Crippen molar-refractivity contribution in [1.82, 2.24) is 0 Å². The van der Waals surface area contributed by atoms with Crippen molar-refractivity contribution in [3.63, 3.8) is 0 Å². The quantitative estimate of drug-likeness (QED) is 0.585. The molecule has 3 heteroatoms. The third kappa shape index (κ3) is 1.81. The molecular formula is C17H14Cl2O. The summed E-state index contributed by atoms with van der Waals surface area (Å²) in [5.74, 6) is -1.18. The van der Waals surface area contributed by atoms with Crippen molar-refractivity contribution in [2.75, 3.05) is 0 Å². The van der Waals surface area contributed by atoms with Gasteiger partial charge in [-0.25, -0.2) is 0 Å². The van der Waals surface area contributed by atoms with Gasteiger partial charge in [0.1, 0.15) is 4.33 Å². The van der Waals surface area contributed by atoms with Gasteiger partial charge in [0, 0.05) is 11.5 Å². The van der Waals surface area contributed by atoms with Crippen molar-refractivity contribution in [1.29, 1.82) is 0 Å². The van der Waals surface area contributed by atoms with E-state index < -0.39 is 51.7 Å². The van der Waals surface area contributed by atoms with Crippen LogP contribution in [-0.2, 0) is 0 Å². The number of hydrogen-bond donors (Lipinski definition) is 0. The van der Waals surface area contributed by atoms with Crippen LogP contribution in [0.25, 0.3) is 0 Å². The number of hydrogen-bond acceptors (Lipinski definition) is 1. The average molecular weight is 310 g/mol. The van der Waals surface area contributed by atoms with Gasteiger partial charge in [0.2, 0.25) is 0 Å². The first kappa shape index (κ1) is 8.86. The molecule has 1 aliphatic rings. The van der Waals surface area contributed by atoms with Gasteiger partial charge in [-0.15, -0.1) is 0 Å². The number of halogens is 2. The summed E-state index contributed by atoms with van der Waals surface area (Å²) in [5, 5.41) is 0. The van der Waals surface area contributed by atoms with E-state index in [-0.39, 0.29) is 5.56 Å². The van der Waals surface area contributed by atoms with Gasteiger partial charge in [0.25, 0.3) is 0 Å². The fourth-order valence-electron chi connectivity index (χ4n) is 2.62. The van der Waals surface area contributed by atoms with Crippen molar-refractivity contribution in [2.24, 2.45) is 5.41 Å². The standard InChI is InChI=1S/C17H14Cl2O/c1-16(15(20)13-10-6-3-7-11-13)14(17(16,18)19)12-8-4-2-5-9-12/h2-11,14H,1H3/t14-,16+/m0/s1/i3D,6D,7D,10D,11D. The minimum absolute atomic E-state index is 0.377. The maximum absolute atomic E-state index is 13.1. The maximum atomic E-state index is 13.1. The van der Waals surface area contributed by atoms with Crippen LogP contribution in [-0.4, -0.2) is 10.1 Å².